The van der Waals surface area contributed by atoms with Crippen LogP contribution in [0.2, 0.25) is 0 Å². The summed E-state index contributed by atoms with van der Waals surface area (Å²) in [6, 6.07) is 12.7. The second kappa shape index (κ2) is 11.3. The van der Waals surface area contributed by atoms with E-state index in [1.165, 1.54) is 25.3 Å². The molecule has 0 spiro atoms. The van der Waals surface area contributed by atoms with E-state index in [2.05, 4.69) is 13.0 Å². The molecule has 0 aliphatic rings. The zero-order valence-electron chi connectivity index (χ0n) is 14.6. The number of benzene rings is 2. The molecule has 2 aromatic rings. The zero-order chi connectivity index (χ0) is 16.5. The zero-order valence-corrected chi connectivity index (χ0v) is 14.6. The maximum absolute atomic E-state index is 14.2. The Balaban J connectivity index is 0.00000288. The van der Waals surface area contributed by atoms with Gasteiger partial charge in [0, 0.05) is 0 Å². The molecule has 0 unspecified atom stereocenters. The summed E-state index contributed by atoms with van der Waals surface area (Å²) in [6.07, 6.45) is 6.77. The molecule has 24 heavy (non-hydrogen) atoms. The Hall–Kier alpha value is -1.30. The van der Waals surface area contributed by atoms with Crippen LogP contribution in [-0.4, -0.2) is 6.61 Å². The number of unbranched alkanes of at least 4 members (excludes halogenated alkanes) is 5. The first-order valence-electron chi connectivity index (χ1n) is 8.31. The topological polar surface area (TPSA) is 9.23 Å². The van der Waals surface area contributed by atoms with E-state index in [0.717, 1.165) is 19.3 Å². The smallest absolute Gasteiger partial charge is 0.490 e. The van der Waals surface area contributed by atoms with Crippen LogP contribution in [-0.2, 0) is 0 Å². The molecule has 0 N–H and O–H groups in total. The van der Waals surface area contributed by atoms with Gasteiger partial charge in [-0.15, -0.1) is 5.56 Å². The largest absolute Gasteiger partial charge is 1.00 e. The van der Waals surface area contributed by atoms with Crippen LogP contribution in [0.5, 0.6) is 5.75 Å². The van der Waals surface area contributed by atoms with Crippen LogP contribution < -0.4 is 23.6 Å². The summed E-state index contributed by atoms with van der Waals surface area (Å²) in [7, 11) is 0. The van der Waals surface area contributed by atoms with Crippen LogP contribution in [0.1, 0.15) is 45.4 Å². The average molecular weight is 324 g/mol. The standard InChI is InChI=1S/C20H23F2O.Li/c1-2-3-4-5-6-10-15-23-18-14-13-17(19(21)20(18)22)16-11-8-7-9-12-16;/h7-8,11-14H,2-6,10,15H2,1H3;/q-1;+1. The van der Waals surface area contributed by atoms with Gasteiger partial charge in [0.15, 0.2) is 17.4 Å². The molecule has 0 saturated carbocycles. The first-order chi connectivity index (χ1) is 11.2. The Morgan fingerprint density at radius 2 is 1.71 bits per heavy atom. The predicted molar refractivity (Wildman–Crippen MR) is 89.5 cm³/mol. The van der Waals surface area contributed by atoms with Gasteiger partial charge in [-0.05, 0) is 18.1 Å². The molecule has 0 aliphatic carbocycles. The maximum Gasteiger partial charge on any atom is 1.00 e. The maximum atomic E-state index is 14.2. The fourth-order valence-corrected chi connectivity index (χ4v) is 2.49. The Morgan fingerprint density at radius 1 is 0.958 bits per heavy atom. The van der Waals surface area contributed by atoms with Crippen molar-refractivity contribution in [3.63, 3.8) is 0 Å². The molecule has 0 radical (unpaired) electrons. The fourth-order valence-electron chi connectivity index (χ4n) is 2.49. The number of hydrogen-bond donors (Lipinski definition) is 0. The normalized spacial score (nSPS) is 10.3. The van der Waals surface area contributed by atoms with Crippen LogP contribution in [0.15, 0.2) is 36.4 Å². The van der Waals surface area contributed by atoms with Gasteiger partial charge in [0.1, 0.15) is 0 Å². The SMILES string of the molecule is CCCCCCCCOc1ccc(-c2c[c-]ccc2)c(F)c1F.[Li+]. The third kappa shape index (κ3) is 5.96. The van der Waals surface area contributed by atoms with Crippen LogP contribution in [0.25, 0.3) is 11.1 Å². The summed E-state index contributed by atoms with van der Waals surface area (Å²) < 4.78 is 33.7. The van der Waals surface area contributed by atoms with Gasteiger partial charge >= 0.3 is 18.9 Å². The predicted octanol–water partition coefficient (Wildman–Crippen LogP) is 3.18. The molecule has 0 atom stereocenters. The molecule has 4 heteroatoms. The van der Waals surface area contributed by atoms with E-state index < -0.39 is 11.6 Å². The van der Waals surface area contributed by atoms with E-state index in [9.17, 15) is 8.78 Å². The molecule has 2 aromatic carbocycles. The van der Waals surface area contributed by atoms with Crippen molar-refractivity contribution < 1.29 is 32.4 Å². The summed E-state index contributed by atoms with van der Waals surface area (Å²) in [4.78, 5) is 0. The first kappa shape index (κ1) is 20.7. The minimum atomic E-state index is -0.919. The quantitative estimate of drug-likeness (QED) is 0.391. The number of ether oxygens (including phenoxy) is 1. The molecule has 1 nitrogen and oxygen atoms in total. The summed E-state index contributed by atoms with van der Waals surface area (Å²) in [5, 5.41) is 0. The monoisotopic (exact) mass is 324 g/mol. The molecule has 0 aliphatic heterocycles. The molecule has 0 amide bonds. The van der Waals surface area contributed by atoms with Crippen LogP contribution in [0.3, 0.4) is 0 Å². The summed E-state index contributed by atoms with van der Waals surface area (Å²) >= 11 is 0. The van der Waals surface area contributed by atoms with E-state index in [4.69, 9.17) is 4.74 Å². The molecule has 0 bridgehead atoms. The summed E-state index contributed by atoms with van der Waals surface area (Å²) in [6.45, 7) is 2.60. The van der Waals surface area contributed by atoms with Crippen molar-refractivity contribution in [3.8, 4) is 16.9 Å². The third-order valence-corrected chi connectivity index (χ3v) is 3.82. The minimum Gasteiger partial charge on any atom is -0.490 e. The van der Waals surface area contributed by atoms with Gasteiger partial charge in [-0.3, -0.25) is 0 Å². The molecule has 0 saturated heterocycles. The van der Waals surface area contributed by atoms with Gasteiger partial charge in [-0.25, -0.2) is 4.39 Å². The van der Waals surface area contributed by atoms with E-state index in [1.54, 1.807) is 30.3 Å². The van der Waals surface area contributed by atoms with Crippen LogP contribution in [0, 0.1) is 17.7 Å². The fraction of sp³-hybridized carbons (Fsp3) is 0.400. The van der Waals surface area contributed by atoms with Crippen molar-refractivity contribution in [2.24, 2.45) is 0 Å². The van der Waals surface area contributed by atoms with E-state index >= 15 is 0 Å². The third-order valence-electron chi connectivity index (χ3n) is 3.82. The van der Waals surface area contributed by atoms with Crippen molar-refractivity contribution in [2.45, 2.75) is 45.4 Å². The van der Waals surface area contributed by atoms with Crippen LogP contribution >= 0.6 is 0 Å². The van der Waals surface area contributed by atoms with Gasteiger partial charge < -0.3 is 4.74 Å². The molecule has 0 heterocycles. The molecule has 124 valence electrons. The molecule has 0 fully saturated rings. The van der Waals surface area contributed by atoms with Crippen molar-refractivity contribution >= 4 is 0 Å². The first-order valence-corrected chi connectivity index (χ1v) is 8.31. The summed E-state index contributed by atoms with van der Waals surface area (Å²) in [5.41, 5.74) is 0.831. The van der Waals surface area contributed by atoms with Crippen LogP contribution in [0.4, 0.5) is 8.78 Å². The van der Waals surface area contributed by atoms with Gasteiger partial charge in [-0.2, -0.15) is 34.7 Å². The Labute approximate surface area is 155 Å². The Kier molecular flexibility index (Phi) is 9.75. The molecule has 0 aromatic heterocycles. The number of hydrogen-bond acceptors (Lipinski definition) is 1. The second-order valence-electron chi connectivity index (χ2n) is 5.65. The second-order valence-corrected chi connectivity index (χ2v) is 5.65. The Bertz CT molecular complexity index is 602. The van der Waals surface area contributed by atoms with Gasteiger partial charge in [0.05, 0.1) is 6.61 Å². The van der Waals surface area contributed by atoms with Gasteiger partial charge in [0.2, 0.25) is 0 Å². The molecular formula is C20H23F2LiO. The minimum absolute atomic E-state index is 0. The van der Waals surface area contributed by atoms with E-state index in [-0.39, 0.29) is 30.2 Å². The van der Waals surface area contributed by atoms with Gasteiger partial charge in [0.25, 0.3) is 0 Å². The molecule has 2 rings (SSSR count). The van der Waals surface area contributed by atoms with Crippen molar-refractivity contribution in [3.05, 3.63) is 54.1 Å². The number of rotatable bonds is 9. The average Bonchev–Trinajstić information content (AvgIpc) is 2.58. The van der Waals surface area contributed by atoms with E-state index in [1.807, 2.05) is 0 Å². The number of halogens is 2. The van der Waals surface area contributed by atoms with E-state index in [0.29, 0.717) is 12.2 Å². The Morgan fingerprint density at radius 3 is 2.42 bits per heavy atom. The van der Waals surface area contributed by atoms with Crippen molar-refractivity contribution in [2.75, 3.05) is 6.61 Å². The van der Waals surface area contributed by atoms with Gasteiger partial charge in [-0.1, -0.05) is 45.1 Å². The summed E-state index contributed by atoms with van der Waals surface area (Å²) in [5.74, 6) is -1.80. The van der Waals surface area contributed by atoms with Crippen molar-refractivity contribution in [1.29, 1.82) is 0 Å². The van der Waals surface area contributed by atoms with Crippen molar-refractivity contribution in [1.82, 2.24) is 0 Å². The molecular weight excluding hydrogens is 301 g/mol.